The summed E-state index contributed by atoms with van der Waals surface area (Å²) in [6.45, 7) is 2.25. The van der Waals surface area contributed by atoms with E-state index in [4.69, 9.17) is 0 Å². The lowest BCUT2D eigenvalue weighted by Crippen LogP contribution is -2.23. The third kappa shape index (κ3) is 3.88. The fourth-order valence-corrected chi connectivity index (χ4v) is 2.66. The molecule has 1 fully saturated rings. The van der Waals surface area contributed by atoms with Crippen molar-refractivity contribution in [2.24, 2.45) is 5.92 Å². The first-order valence-corrected chi connectivity index (χ1v) is 6.90. The van der Waals surface area contributed by atoms with Gasteiger partial charge in [0, 0.05) is 17.4 Å². The molecule has 0 heterocycles. The van der Waals surface area contributed by atoms with Gasteiger partial charge in [-0.2, -0.15) is 0 Å². The van der Waals surface area contributed by atoms with Crippen molar-refractivity contribution in [1.29, 1.82) is 0 Å². The second kappa shape index (κ2) is 6.45. The van der Waals surface area contributed by atoms with Gasteiger partial charge >= 0.3 is 6.09 Å². The summed E-state index contributed by atoms with van der Waals surface area (Å²) in [5.74, 6) is 0.785. The van der Waals surface area contributed by atoms with Crippen molar-refractivity contribution >= 4 is 17.5 Å². The lowest BCUT2D eigenvalue weighted by molar-refractivity contribution is 0.187. The molecule has 1 amide bonds. The molecule has 19 heavy (non-hydrogen) atoms. The zero-order valence-electron chi connectivity index (χ0n) is 11.6. The topological polar surface area (TPSA) is 50.4 Å². The van der Waals surface area contributed by atoms with Crippen LogP contribution in [0.3, 0.4) is 0 Å². The molecule has 0 aliphatic heterocycles. The van der Waals surface area contributed by atoms with E-state index in [1.54, 1.807) is 0 Å². The van der Waals surface area contributed by atoms with Crippen molar-refractivity contribution in [1.82, 2.24) is 0 Å². The fraction of sp³-hybridized carbons (Fsp3) is 0.533. The standard InChI is InChI=1S/C15H22N2O2/c1-11(12-5-3-4-6-12)16-13-7-9-14(10-8-13)17-15(18)19-2/h7-12,16H,3-6H2,1-2H3,(H,17,18). The zero-order chi connectivity index (χ0) is 13.7. The first-order chi connectivity index (χ1) is 9.19. The summed E-state index contributed by atoms with van der Waals surface area (Å²) < 4.78 is 4.55. The average molecular weight is 262 g/mol. The normalized spacial score (nSPS) is 16.9. The maximum atomic E-state index is 11.1. The Labute approximate surface area is 114 Å². The molecule has 1 aromatic rings. The largest absolute Gasteiger partial charge is 0.453 e. The van der Waals surface area contributed by atoms with Gasteiger partial charge in [-0.15, -0.1) is 0 Å². The first-order valence-electron chi connectivity index (χ1n) is 6.90. The Morgan fingerprint density at radius 1 is 1.21 bits per heavy atom. The van der Waals surface area contributed by atoms with Crippen LogP contribution in [0.1, 0.15) is 32.6 Å². The number of nitrogens with one attached hydrogen (secondary N) is 2. The smallest absolute Gasteiger partial charge is 0.411 e. The van der Waals surface area contributed by atoms with E-state index in [2.05, 4.69) is 22.3 Å². The number of amides is 1. The molecule has 0 radical (unpaired) electrons. The van der Waals surface area contributed by atoms with E-state index in [-0.39, 0.29) is 0 Å². The van der Waals surface area contributed by atoms with Gasteiger partial charge in [0.15, 0.2) is 0 Å². The molecule has 1 saturated carbocycles. The van der Waals surface area contributed by atoms with Gasteiger partial charge in [0.05, 0.1) is 7.11 Å². The molecule has 0 saturated heterocycles. The molecule has 104 valence electrons. The summed E-state index contributed by atoms with van der Waals surface area (Å²) >= 11 is 0. The number of rotatable bonds is 4. The second-order valence-corrected chi connectivity index (χ2v) is 5.17. The molecular weight excluding hydrogens is 240 g/mol. The van der Waals surface area contributed by atoms with Crippen molar-refractivity contribution < 1.29 is 9.53 Å². The molecule has 0 bridgehead atoms. The first kappa shape index (κ1) is 13.7. The highest BCUT2D eigenvalue weighted by atomic mass is 16.5. The monoisotopic (exact) mass is 262 g/mol. The van der Waals surface area contributed by atoms with E-state index in [0.29, 0.717) is 6.04 Å². The molecule has 4 nitrogen and oxygen atoms in total. The van der Waals surface area contributed by atoms with Crippen LogP contribution in [0.4, 0.5) is 16.2 Å². The van der Waals surface area contributed by atoms with Crippen LogP contribution in [0, 0.1) is 5.92 Å². The number of ether oxygens (including phenoxy) is 1. The van der Waals surface area contributed by atoms with Crippen LogP contribution in [0.25, 0.3) is 0 Å². The molecule has 2 N–H and O–H groups in total. The Kier molecular flexibility index (Phi) is 4.66. The Bertz CT molecular complexity index is 411. The number of anilines is 2. The molecule has 0 aromatic heterocycles. The highest BCUT2D eigenvalue weighted by molar-refractivity contribution is 5.84. The van der Waals surface area contributed by atoms with Crippen LogP contribution >= 0.6 is 0 Å². The maximum Gasteiger partial charge on any atom is 0.411 e. The predicted molar refractivity (Wildman–Crippen MR) is 77.5 cm³/mol. The second-order valence-electron chi connectivity index (χ2n) is 5.17. The van der Waals surface area contributed by atoms with Gasteiger partial charge in [-0.1, -0.05) is 12.8 Å². The molecule has 1 aliphatic carbocycles. The van der Waals surface area contributed by atoms with E-state index in [0.717, 1.165) is 17.3 Å². The maximum absolute atomic E-state index is 11.1. The third-order valence-corrected chi connectivity index (χ3v) is 3.82. The molecule has 4 heteroatoms. The summed E-state index contributed by atoms with van der Waals surface area (Å²) in [6, 6.07) is 8.22. The predicted octanol–water partition coefficient (Wildman–Crippen LogP) is 3.86. The van der Waals surface area contributed by atoms with E-state index < -0.39 is 6.09 Å². The Balaban J connectivity index is 1.89. The lowest BCUT2D eigenvalue weighted by atomic mass is 9.99. The quantitative estimate of drug-likeness (QED) is 0.866. The summed E-state index contributed by atoms with van der Waals surface area (Å²) in [6.07, 6.45) is 4.93. The number of carbonyl (C=O) groups excluding carboxylic acids is 1. The minimum atomic E-state index is -0.444. The summed E-state index contributed by atoms with van der Waals surface area (Å²) in [4.78, 5) is 11.1. The molecule has 0 spiro atoms. The SMILES string of the molecule is COC(=O)Nc1ccc(NC(C)C2CCCC2)cc1. The van der Waals surface area contributed by atoms with Gasteiger partial charge < -0.3 is 10.1 Å². The summed E-state index contributed by atoms with van der Waals surface area (Å²) in [7, 11) is 1.36. The van der Waals surface area contributed by atoms with Crippen LogP contribution in [-0.4, -0.2) is 19.2 Å². The number of methoxy groups -OCH3 is 1. The molecule has 2 rings (SSSR count). The third-order valence-electron chi connectivity index (χ3n) is 3.82. The zero-order valence-corrected chi connectivity index (χ0v) is 11.6. The summed E-state index contributed by atoms with van der Waals surface area (Å²) in [5, 5.41) is 6.17. The van der Waals surface area contributed by atoms with Gasteiger partial charge in [0.25, 0.3) is 0 Å². The highest BCUT2D eigenvalue weighted by Crippen LogP contribution is 2.29. The van der Waals surface area contributed by atoms with E-state index >= 15 is 0 Å². The average Bonchev–Trinajstić information content (AvgIpc) is 2.95. The van der Waals surface area contributed by atoms with Gasteiger partial charge in [0.2, 0.25) is 0 Å². The number of benzene rings is 1. The number of carbonyl (C=O) groups is 1. The van der Waals surface area contributed by atoms with Crippen molar-refractivity contribution in [3.05, 3.63) is 24.3 Å². The Morgan fingerprint density at radius 2 is 1.79 bits per heavy atom. The van der Waals surface area contributed by atoms with Crippen LogP contribution in [0.5, 0.6) is 0 Å². The van der Waals surface area contributed by atoms with Gasteiger partial charge in [0.1, 0.15) is 0 Å². The van der Waals surface area contributed by atoms with Crippen LogP contribution in [0.15, 0.2) is 24.3 Å². The van der Waals surface area contributed by atoms with Gasteiger partial charge in [-0.3, -0.25) is 5.32 Å². The summed E-state index contributed by atoms with van der Waals surface area (Å²) in [5.41, 5.74) is 1.83. The van der Waals surface area contributed by atoms with Crippen molar-refractivity contribution in [3.8, 4) is 0 Å². The Hall–Kier alpha value is -1.71. The molecule has 1 unspecified atom stereocenters. The van der Waals surface area contributed by atoms with Crippen molar-refractivity contribution in [2.45, 2.75) is 38.6 Å². The fourth-order valence-electron chi connectivity index (χ4n) is 2.66. The van der Waals surface area contributed by atoms with Crippen molar-refractivity contribution in [2.75, 3.05) is 17.7 Å². The molecular formula is C15H22N2O2. The van der Waals surface area contributed by atoms with E-state index in [1.807, 2.05) is 24.3 Å². The molecule has 1 aromatic carbocycles. The minimum absolute atomic E-state index is 0.444. The minimum Gasteiger partial charge on any atom is -0.453 e. The van der Waals surface area contributed by atoms with Gasteiger partial charge in [-0.05, 0) is 49.9 Å². The highest BCUT2D eigenvalue weighted by Gasteiger charge is 2.21. The van der Waals surface area contributed by atoms with E-state index in [9.17, 15) is 4.79 Å². The lowest BCUT2D eigenvalue weighted by Gasteiger charge is -2.21. The van der Waals surface area contributed by atoms with Crippen molar-refractivity contribution in [3.63, 3.8) is 0 Å². The van der Waals surface area contributed by atoms with Gasteiger partial charge in [-0.25, -0.2) is 4.79 Å². The molecule has 1 aliphatic rings. The number of hydrogen-bond acceptors (Lipinski definition) is 3. The van der Waals surface area contributed by atoms with Crippen LogP contribution in [0.2, 0.25) is 0 Å². The van der Waals surface area contributed by atoms with Crippen LogP contribution in [-0.2, 0) is 4.74 Å². The van der Waals surface area contributed by atoms with Crippen LogP contribution < -0.4 is 10.6 Å². The molecule has 1 atom stereocenters. The van der Waals surface area contributed by atoms with E-state index in [1.165, 1.54) is 32.8 Å². The number of hydrogen-bond donors (Lipinski definition) is 2. The Morgan fingerprint density at radius 3 is 2.37 bits per heavy atom.